The van der Waals surface area contributed by atoms with E-state index in [0.717, 1.165) is 11.4 Å². The summed E-state index contributed by atoms with van der Waals surface area (Å²) >= 11 is 6.05. The van der Waals surface area contributed by atoms with Gasteiger partial charge in [-0.15, -0.1) is 0 Å². The van der Waals surface area contributed by atoms with E-state index in [9.17, 15) is 4.79 Å². The SMILES string of the molecule is CCn1ncc(Nn2c(C)ccc2C)c(Cl)c1=O. The number of aromatic nitrogens is 3. The molecule has 96 valence electrons. The van der Waals surface area contributed by atoms with Gasteiger partial charge in [0.25, 0.3) is 5.56 Å². The molecule has 0 aromatic carbocycles. The van der Waals surface area contributed by atoms with Crippen LogP contribution in [0.25, 0.3) is 0 Å². The lowest BCUT2D eigenvalue weighted by molar-refractivity contribution is 0.615. The predicted molar refractivity (Wildman–Crippen MR) is 72.1 cm³/mol. The summed E-state index contributed by atoms with van der Waals surface area (Å²) in [6.07, 6.45) is 1.56. The minimum Gasteiger partial charge on any atom is -0.291 e. The van der Waals surface area contributed by atoms with Crippen LogP contribution in [0.4, 0.5) is 5.69 Å². The highest BCUT2D eigenvalue weighted by Crippen LogP contribution is 2.17. The number of hydrogen-bond donors (Lipinski definition) is 1. The number of hydrogen-bond acceptors (Lipinski definition) is 3. The maximum absolute atomic E-state index is 11.8. The van der Waals surface area contributed by atoms with E-state index in [2.05, 4.69) is 10.5 Å². The second-order valence-corrected chi connectivity index (χ2v) is 4.43. The second kappa shape index (κ2) is 4.86. The smallest absolute Gasteiger partial charge is 0.287 e. The van der Waals surface area contributed by atoms with Gasteiger partial charge in [0.1, 0.15) is 5.02 Å². The molecule has 0 unspecified atom stereocenters. The molecule has 0 aliphatic heterocycles. The minimum absolute atomic E-state index is 0.152. The van der Waals surface area contributed by atoms with E-state index in [1.54, 1.807) is 6.20 Å². The molecule has 2 heterocycles. The largest absolute Gasteiger partial charge is 0.291 e. The fourth-order valence-corrected chi connectivity index (χ4v) is 1.92. The molecule has 0 amide bonds. The molecule has 0 atom stereocenters. The summed E-state index contributed by atoms with van der Waals surface area (Å²) in [4.78, 5) is 11.8. The number of anilines is 1. The molecule has 0 aliphatic rings. The van der Waals surface area contributed by atoms with Crippen molar-refractivity contribution in [3.63, 3.8) is 0 Å². The van der Waals surface area contributed by atoms with E-state index in [0.29, 0.717) is 12.2 Å². The summed E-state index contributed by atoms with van der Waals surface area (Å²) in [5, 5.41) is 4.19. The van der Waals surface area contributed by atoms with Crippen LogP contribution in [0.5, 0.6) is 0 Å². The molecule has 2 aromatic rings. The molecule has 2 aromatic heterocycles. The van der Waals surface area contributed by atoms with Gasteiger partial charge in [0.05, 0.1) is 11.9 Å². The molecule has 0 saturated heterocycles. The van der Waals surface area contributed by atoms with Crippen molar-refractivity contribution in [2.45, 2.75) is 27.3 Å². The molecular weight excluding hydrogens is 252 g/mol. The third kappa shape index (κ3) is 2.13. The van der Waals surface area contributed by atoms with E-state index >= 15 is 0 Å². The summed E-state index contributed by atoms with van der Waals surface area (Å²) in [7, 11) is 0. The van der Waals surface area contributed by atoms with Crippen LogP contribution in [0.3, 0.4) is 0 Å². The first-order valence-electron chi connectivity index (χ1n) is 5.72. The van der Waals surface area contributed by atoms with Crippen molar-refractivity contribution in [2.24, 2.45) is 0 Å². The van der Waals surface area contributed by atoms with Crippen molar-refractivity contribution >= 4 is 17.3 Å². The second-order valence-electron chi connectivity index (χ2n) is 4.06. The number of halogens is 1. The fraction of sp³-hybridized carbons (Fsp3) is 0.333. The Kier molecular flexibility index (Phi) is 3.43. The Morgan fingerprint density at radius 1 is 1.33 bits per heavy atom. The molecule has 5 nitrogen and oxygen atoms in total. The first-order valence-corrected chi connectivity index (χ1v) is 6.10. The Morgan fingerprint density at radius 3 is 2.50 bits per heavy atom. The zero-order valence-corrected chi connectivity index (χ0v) is 11.3. The third-order valence-electron chi connectivity index (χ3n) is 2.79. The Morgan fingerprint density at radius 2 is 1.94 bits per heavy atom. The van der Waals surface area contributed by atoms with Crippen molar-refractivity contribution in [2.75, 3.05) is 5.43 Å². The van der Waals surface area contributed by atoms with Gasteiger partial charge in [-0.2, -0.15) is 5.10 Å². The monoisotopic (exact) mass is 266 g/mol. The molecule has 18 heavy (non-hydrogen) atoms. The quantitative estimate of drug-likeness (QED) is 0.927. The zero-order valence-electron chi connectivity index (χ0n) is 10.6. The lowest BCUT2D eigenvalue weighted by atomic mass is 10.4. The predicted octanol–water partition coefficient (Wildman–Crippen LogP) is 2.21. The number of aryl methyl sites for hydroxylation is 3. The molecule has 1 N–H and O–H groups in total. The van der Waals surface area contributed by atoms with E-state index < -0.39 is 0 Å². The van der Waals surface area contributed by atoms with Gasteiger partial charge < -0.3 is 0 Å². The van der Waals surface area contributed by atoms with E-state index in [1.165, 1.54) is 4.68 Å². The van der Waals surface area contributed by atoms with Crippen molar-refractivity contribution in [3.8, 4) is 0 Å². The number of nitrogens with zero attached hydrogens (tertiary/aromatic N) is 3. The fourth-order valence-electron chi connectivity index (χ4n) is 1.73. The maximum atomic E-state index is 11.8. The first kappa shape index (κ1) is 12.7. The van der Waals surface area contributed by atoms with Gasteiger partial charge in [-0.3, -0.25) is 14.9 Å². The topological polar surface area (TPSA) is 51.9 Å². The number of nitrogens with one attached hydrogen (secondary N) is 1. The molecule has 0 saturated carbocycles. The van der Waals surface area contributed by atoms with Gasteiger partial charge in [-0.05, 0) is 32.9 Å². The Bertz CT molecular complexity index is 610. The van der Waals surface area contributed by atoms with E-state index in [4.69, 9.17) is 11.6 Å². The summed E-state index contributed by atoms with van der Waals surface area (Å²) in [6, 6.07) is 3.97. The Labute approximate surface area is 110 Å². The van der Waals surface area contributed by atoms with E-state index in [-0.39, 0.29) is 10.6 Å². The Balaban J connectivity index is 2.42. The highest BCUT2D eigenvalue weighted by molar-refractivity contribution is 6.32. The molecule has 0 bridgehead atoms. The summed E-state index contributed by atoms with van der Waals surface area (Å²) in [5.41, 5.74) is 5.37. The summed E-state index contributed by atoms with van der Waals surface area (Å²) in [6.45, 7) is 6.28. The van der Waals surface area contributed by atoms with Crippen molar-refractivity contribution in [1.82, 2.24) is 14.5 Å². The van der Waals surface area contributed by atoms with Gasteiger partial charge in [0.2, 0.25) is 0 Å². The van der Waals surface area contributed by atoms with Crippen LogP contribution in [0.2, 0.25) is 5.02 Å². The summed E-state index contributed by atoms with van der Waals surface area (Å²) < 4.78 is 3.18. The standard InChI is InChI=1S/C12H15ClN4O/c1-4-16-12(18)11(13)10(7-14-16)15-17-8(2)5-6-9(17)3/h5-7,15H,4H2,1-3H3. The average molecular weight is 267 g/mol. The van der Waals surface area contributed by atoms with Crippen molar-refractivity contribution < 1.29 is 0 Å². The molecular formula is C12H15ClN4O. The Hall–Kier alpha value is -1.75. The zero-order chi connectivity index (χ0) is 13.3. The normalized spacial score (nSPS) is 10.7. The maximum Gasteiger partial charge on any atom is 0.287 e. The lowest BCUT2D eigenvalue weighted by Crippen LogP contribution is -2.24. The molecule has 6 heteroatoms. The van der Waals surface area contributed by atoms with Crippen LogP contribution < -0.4 is 11.0 Å². The van der Waals surface area contributed by atoms with E-state index in [1.807, 2.05) is 37.6 Å². The molecule has 0 aliphatic carbocycles. The van der Waals surface area contributed by atoms with Crippen LogP contribution in [-0.2, 0) is 6.54 Å². The van der Waals surface area contributed by atoms with Gasteiger partial charge in [-0.25, -0.2) is 4.68 Å². The highest BCUT2D eigenvalue weighted by atomic mass is 35.5. The van der Waals surface area contributed by atoms with Gasteiger partial charge in [-0.1, -0.05) is 11.6 Å². The minimum atomic E-state index is -0.286. The van der Waals surface area contributed by atoms with Gasteiger partial charge >= 0.3 is 0 Å². The van der Waals surface area contributed by atoms with Crippen LogP contribution >= 0.6 is 11.6 Å². The van der Waals surface area contributed by atoms with Crippen LogP contribution in [0, 0.1) is 13.8 Å². The molecule has 0 radical (unpaired) electrons. The molecule has 2 rings (SSSR count). The van der Waals surface area contributed by atoms with Crippen molar-refractivity contribution in [1.29, 1.82) is 0 Å². The molecule has 0 fully saturated rings. The highest BCUT2D eigenvalue weighted by Gasteiger charge is 2.10. The third-order valence-corrected chi connectivity index (χ3v) is 3.15. The summed E-state index contributed by atoms with van der Waals surface area (Å²) in [5.74, 6) is 0. The van der Waals surface area contributed by atoms with Crippen LogP contribution in [0.1, 0.15) is 18.3 Å². The molecule has 0 spiro atoms. The van der Waals surface area contributed by atoms with Crippen molar-refractivity contribution in [3.05, 3.63) is 45.1 Å². The average Bonchev–Trinajstić information content (AvgIpc) is 2.67. The lowest BCUT2D eigenvalue weighted by Gasteiger charge is -2.13. The van der Waals surface area contributed by atoms with Gasteiger partial charge in [0.15, 0.2) is 0 Å². The first-order chi connectivity index (χ1) is 8.54. The van der Waals surface area contributed by atoms with Crippen LogP contribution in [0.15, 0.2) is 23.1 Å². The number of rotatable bonds is 3. The van der Waals surface area contributed by atoms with Gasteiger partial charge in [0, 0.05) is 17.9 Å². The van der Waals surface area contributed by atoms with Crippen LogP contribution in [-0.4, -0.2) is 14.5 Å².